The van der Waals surface area contributed by atoms with Gasteiger partial charge in [0, 0.05) is 0 Å². The first-order valence-electron chi connectivity index (χ1n) is 9.28. The zero-order valence-corrected chi connectivity index (χ0v) is 17.1. The predicted molar refractivity (Wildman–Crippen MR) is 107 cm³/mol. The number of esters is 1. The zero-order valence-electron chi connectivity index (χ0n) is 16.4. The molecule has 1 aliphatic rings. The third-order valence-electron chi connectivity index (χ3n) is 5.66. The minimum absolute atomic E-state index is 0.0708. The summed E-state index contributed by atoms with van der Waals surface area (Å²) in [6.45, 7) is 5.51. The van der Waals surface area contributed by atoms with Crippen LogP contribution in [0.25, 0.3) is 11.1 Å². The molecule has 3 rings (SSSR count). The molecule has 0 heterocycles. The minimum Gasteiger partial charge on any atom is -0.461 e. The molecule has 2 atom stereocenters. The van der Waals surface area contributed by atoms with Gasteiger partial charge in [0.1, 0.15) is 11.6 Å². The number of carbonyl (C=O) groups is 1. The van der Waals surface area contributed by atoms with Crippen molar-refractivity contribution < 1.29 is 22.7 Å². The van der Waals surface area contributed by atoms with E-state index in [4.69, 9.17) is 16.3 Å². The molecule has 0 saturated heterocycles. The molecule has 1 aliphatic carbocycles. The number of benzene rings is 2. The van der Waals surface area contributed by atoms with Crippen LogP contribution in [0.4, 0.5) is 13.2 Å². The van der Waals surface area contributed by atoms with Crippen LogP contribution in [0.3, 0.4) is 0 Å². The third-order valence-corrected chi connectivity index (χ3v) is 6.00. The lowest BCUT2D eigenvalue weighted by molar-refractivity contribution is -0.147. The van der Waals surface area contributed by atoms with E-state index < -0.39 is 34.4 Å². The summed E-state index contributed by atoms with van der Waals surface area (Å²) in [6, 6.07) is 15.6. The van der Waals surface area contributed by atoms with Crippen LogP contribution >= 0.6 is 11.6 Å². The molecule has 0 aliphatic heterocycles. The quantitative estimate of drug-likeness (QED) is 0.503. The standard InChI is InChI=1S/C23H22ClF3O2/c1-14-16(10-7-11-17(14)15-8-5-4-6-9-15)13-29-21(28)20-18(22(20,2)3)12-19(24)23(25,26)27/h4-12,18,20H,13H2,1-3H3/t18-,20-/m1/s1. The van der Waals surface area contributed by atoms with Crippen molar-refractivity contribution in [3.63, 3.8) is 0 Å². The van der Waals surface area contributed by atoms with Crippen molar-refractivity contribution in [1.29, 1.82) is 0 Å². The maximum absolute atomic E-state index is 12.7. The normalized spacial score (nSPS) is 21.0. The Bertz CT molecular complexity index is 933. The van der Waals surface area contributed by atoms with Crippen LogP contribution < -0.4 is 0 Å². The SMILES string of the molecule is Cc1c(COC(=O)[C@H]2[C@@H](C=C(Cl)C(F)(F)F)C2(C)C)cccc1-c1ccccc1. The lowest BCUT2D eigenvalue weighted by Crippen LogP contribution is -2.11. The largest absolute Gasteiger partial charge is 0.461 e. The smallest absolute Gasteiger partial charge is 0.426 e. The first kappa shape index (κ1) is 21.4. The van der Waals surface area contributed by atoms with Crippen LogP contribution in [0.15, 0.2) is 59.6 Å². The van der Waals surface area contributed by atoms with Gasteiger partial charge in [-0.15, -0.1) is 0 Å². The number of alkyl halides is 3. The second-order valence-electron chi connectivity index (χ2n) is 7.90. The summed E-state index contributed by atoms with van der Waals surface area (Å²) in [5, 5.41) is -1.20. The van der Waals surface area contributed by atoms with E-state index in [-0.39, 0.29) is 6.61 Å². The average molecular weight is 423 g/mol. The molecule has 154 valence electrons. The van der Waals surface area contributed by atoms with Crippen LogP contribution in [0, 0.1) is 24.2 Å². The fourth-order valence-corrected chi connectivity index (χ4v) is 3.84. The summed E-state index contributed by atoms with van der Waals surface area (Å²) in [7, 11) is 0. The van der Waals surface area contributed by atoms with Gasteiger partial charge in [-0.05, 0) is 40.5 Å². The summed E-state index contributed by atoms with van der Waals surface area (Å²) in [5.74, 6) is -1.75. The van der Waals surface area contributed by atoms with Gasteiger partial charge < -0.3 is 4.74 Å². The Morgan fingerprint density at radius 3 is 2.41 bits per heavy atom. The Balaban J connectivity index is 1.70. The lowest BCUT2D eigenvalue weighted by atomic mass is 9.97. The number of allylic oxidation sites excluding steroid dienone is 2. The van der Waals surface area contributed by atoms with E-state index in [1.807, 2.05) is 55.5 Å². The van der Waals surface area contributed by atoms with Crippen molar-refractivity contribution in [2.45, 2.75) is 33.6 Å². The van der Waals surface area contributed by atoms with E-state index in [0.29, 0.717) is 0 Å². The van der Waals surface area contributed by atoms with Crippen molar-refractivity contribution >= 4 is 17.6 Å². The Morgan fingerprint density at radius 2 is 1.79 bits per heavy atom. The van der Waals surface area contributed by atoms with Gasteiger partial charge in [0.15, 0.2) is 0 Å². The minimum atomic E-state index is -4.61. The van der Waals surface area contributed by atoms with Gasteiger partial charge in [-0.3, -0.25) is 4.79 Å². The highest BCUT2D eigenvalue weighted by atomic mass is 35.5. The summed E-state index contributed by atoms with van der Waals surface area (Å²) in [6.07, 6.45) is -3.68. The maximum atomic E-state index is 12.7. The van der Waals surface area contributed by atoms with Crippen LogP contribution in [0.2, 0.25) is 0 Å². The molecule has 0 unspecified atom stereocenters. The van der Waals surface area contributed by atoms with Crippen LogP contribution in [0.5, 0.6) is 0 Å². The van der Waals surface area contributed by atoms with Crippen molar-refractivity contribution in [3.05, 3.63) is 70.8 Å². The number of hydrogen-bond acceptors (Lipinski definition) is 2. The topological polar surface area (TPSA) is 26.3 Å². The molecule has 29 heavy (non-hydrogen) atoms. The van der Waals surface area contributed by atoms with Gasteiger partial charge in [-0.25, -0.2) is 0 Å². The van der Waals surface area contributed by atoms with Crippen LogP contribution in [-0.2, 0) is 16.1 Å². The third kappa shape index (κ3) is 4.50. The van der Waals surface area contributed by atoms with Crippen LogP contribution in [-0.4, -0.2) is 12.1 Å². The summed E-state index contributed by atoms with van der Waals surface area (Å²) < 4.78 is 43.5. The number of hydrogen-bond donors (Lipinski definition) is 0. The van der Waals surface area contributed by atoms with Gasteiger partial charge in [0.2, 0.25) is 0 Å². The Hall–Kier alpha value is -2.27. The molecular weight excluding hydrogens is 401 g/mol. The van der Waals surface area contributed by atoms with Gasteiger partial charge in [0.05, 0.1) is 5.92 Å². The van der Waals surface area contributed by atoms with Crippen molar-refractivity contribution in [1.82, 2.24) is 0 Å². The Kier molecular flexibility index (Phi) is 5.81. The number of rotatable bonds is 5. The molecule has 0 radical (unpaired) electrons. The lowest BCUT2D eigenvalue weighted by Gasteiger charge is -2.12. The fraction of sp³-hybridized carbons (Fsp3) is 0.348. The highest BCUT2D eigenvalue weighted by molar-refractivity contribution is 6.30. The van der Waals surface area contributed by atoms with E-state index in [9.17, 15) is 18.0 Å². The van der Waals surface area contributed by atoms with Crippen molar-refractivity contribution in [2.75, 3.05) is 0 Å². The molecule has 1 saturated carbocycles. The Labute approximate surface area is 173 Å². The zero-order chi connectivity index (χ0) is 21.4. The molecule has 0 bridgehead atoms. The fourth-order valence-electron chi connectivity index (χ4n) is 3.70. The van der Waals surface area contributed by atoms with Gasteiger partial charge >= 0.3 is 12.1 Å². The van der Waals surface area contributed by atoms with Gasteiger partial charge in [-0.2, -0.15) is 13.2 Å². The molecular formula is C23H22ClF3O2. The molecule has 2 aromatic carbocycles. The highest BCUT2D eigenvalue weighted by Gasteiger charge is 2.62. The molecule has 0 aromatic heterocycles. The molecule has 0 amide bonds. The second kappa shape index (κ2) is 7.86. The van der Waals surface area contributed by atoms with Gasteiger partial charge in [-0.1, -0.05) is 80.1 Å². The number of ether oxygens (including phenoxy) is 1. The first-order chi connectivity index (χ1) is 13.5. The summed E-state index contributed by atoms with van der Waals surface area (Å²) >= 11 is 5.34. The molecule has 2 aromatic rings. The number of halogens is 4. The average Bonchev–Trinajstić information content (AvgIpc) is 3.20. The first-order valence-corrected chi connectivity index (χ1v) is 9.66. The molecule has 6 heteroatoms. The molecule has 1 fully saturated rings. The highest BCUT2D eigenvalue weighted by Crippen LogP contribution is 2.60. The van der Waals surface area contributed by atoms with E-state index in [2.05, 4.69) is 0 Å². The molecule has 0 spiro atoms. The summed E-state index contributed by atoms with van der Waals surface area (Å²) in [5.41, 5.74) is 3.34. The van der Waals surface area contributed by atoms with E-state index >= 15 is 0 Å². The van der Waals surface area contributed by atoms with E-state index in [0.717, 1.165) is 28.3 Å². The van der Waals surface area contributed by atoms with Crippen molar-refractivity contribution in [2.24, 2.45) is 17.3 Å². The van der Waals surface area contributed by atoms with E-state index in [1.54, 1.807) is 13.8 Å². The van der Waals surface area contributed by atoms with Gasteiger partial charge in [0.25, 0.3) is 0 Å². The molecule has 2 nitrogen and oxygen atoms in total. The number of carbonyl (C=O) groups excluding carboxylic acids is 1. The summed E-state index contributed by atoms with van der Waals surface area (Å²) in [4.78, 5) is 12.5. The predicted octanol–water partition coefficient (Wildman–Crippen LogP) is 6.66. The Morgan fingerprint density at radius 1 is 1.14 bits per heavy atom. The van der Waals surface area contributed by atoms with Crippen molar-refractivity contribution in [3.8, 4) is 11.1 Å². The maximum Gasteiger partial charge on any atom is 0.426 e. The monoisotopic (exact) mass is 422 g/mol. The van der Waals surface area contributed by atoms with E-state index in [1.165, 1.54) is 0 Å². The van der Waals surface area contributed by atoms with Crippen LogP contribution in [0.1, 0.15) is 25.0 Å². The second-order valence-corrected chi connectivity index (χ2v) is 8.31. The molecule has 0 N–H and O–H groups in total.